The van der Waals surface area contributed by atoms with Gasteiger partial charge in [-0.05, 0) is 24.6 Å². The van der Waals surface area contributed by atoms with Crippen LogP contribution in [0.25, 0.3) is 33.3 Å². The lowest BCUT2D eigenvalue weighted by Crippen LogP contribution is -2.35. The van der Waals surface area contributed by atoms with Crippen molar-refractivity contribution in [3.8, 4) is 11.1 Å². The van der Waals surface area contributed by atoms with E-state index in [0.717, 1.165) is 40.5 Å². The van der Waals surface area contributed by atoms with E-state index in [1.165, 1.54) is 0 Å². The van der Waals surface area contributed by atoms with Crippen molar-refractivity contribution in [2.24, 2.45) is 0 Å². The minimum absolute atomic E-state index is 0.0584. The molecule has 28 heavy (non-hydrogen) atoms. The quantitative estimate of drug-likeness (QED) is 0.568. The van der Waals surface area contributed by atoms with Gasteiger partial charge in [0, 0.05) is 55.2 Å². The lowest BCUT2D eigenvalue weighted by molar-refractivity contribution is -0.0638. The number of fused-ring (bicyclic) bond motifs is 2. The molecule has 0 aromatic carbocycles. The van der Waals surface area contributed by atoms with Gasteiger partial charge < -0.3 is 14.5 Å². The average molecular weight is 379 g/mol. The van der Waals surface area contributed by atoms with Gasteiger partial charge in [-0.25, -0.2) is 14.8 Å². The van der Waals surface area contributed by atoms with E-state index >= 15 is 0 Å². The van der Waals surface area contributed by atoms with Crippen LogP contribution in [0.5, 0.6) is 0 Å². The van der Waals surface area contributed by atoms with Crippen LogP contribution in [0.2, 0.25) is 0 Å². The Kier molecular flexibility index (Phi) is 4.22. The largest absolute Gasteiger partial charge is 0.381 e. The molecule has 8 nitrogen and oxygen atoms in total. The van der Waals surface area contributed by atoms with Crippen LogP contribution in [-0.2, 0) is 16.0 Å². The van der Waals surface area contributed by atoms with Gasteiger partial charge in [-0.1, -0.05) is 0 Å². The van der Waals surface area contributed by atoms with Crippen molar-refractivity contribution < 1.29 is 9.47 Å². The van der Waals surface area contributed by atoms with E-state index in [2.05, 4.69) is 26.0 Å². The molecule has 8 heteroatoms. The number of aromatic nitrogens is 5. The van der Waals surface area contributed by atoms with Crippen molar-refractivity contribution in [3.05, 3.63) is 47.3 Å². The van der Waals surface area contributed by atoms with Crippen LogP contribution in [-0.4, -0.2) is 50.4 Å². The first-order chi connectivity index (χ1) is 13.7. The Bertz CT molecular complexity index is 1190. The summed E-state index contributed by atoms with van der Waals surface area (Å²) < 4.78 is 13.0. The predicted octanol–water partition coefficient (Wildman–Crippen LogP) is 2.46. The standard InChI is InChI=1S/C20H21N5O3/c1-27-15-3-5-28-16(8-15)11-25-17-7-14(10-23-19(17)24-20(25)26)13-6-12-2-4-21-18(12)22-9-13/h2,4,6-7,9-10,15-16H,3,5,8,11H2,1H3,(H,21,22)(H,23,24,26)/t15-,16+/m1/s1. The number of aromatic amines is 2. The highest BCUT2D eigenvalue weighted by molar-refractivity contribution is 5.84. The summed E-state index contributed by atoms with van der Waals surface area (Å²) in [4.78, 5) is 27.3. The molecule has 1 aliphatic heterocycles. The van der Waals surface area contributed by atoms with Crippen molar-refractivity contribution in [1.82, 2.24) is 24.5 Å². The highest BCUT2D eigenvalue weighted by Gasteiger charge is 2.24. The molecular formula is C20H21N5O3. The van der Waals surface area contributed by atoms with Crippen molar-refractivity contribution >= 4 is 22.2 Å². The maximum Gasteiger partial charge on any atom is 0.327 e. The molecular weight excluding hydrogens is 358 g/mol. The lowest BCUT2D eigenvalue weighted by Gasteiger charge is -2.28. The summed E-state index contributed by atoms with van der Waals surface area (Å²) in [5.41, 5.74) is 3.87. The Morgan fingerprint density at radius 2 is 2.07 bits per heavy atom. The second-order valence-electron chi connectivity index (χ2n) is 7.15. The number of rotatable bonds is 4. The van der Waals surface area contributed by atoms with Crippen LogP contribution in [0, 0.1) is 0 Å². The first-order valence-electron chi connectivity index (χ1n) is 9.38. The van der Waals surface area contributed by atoms with Crippen molar-refractivity contribution in [3.63, 3.8) is 0 Å². The predicted molar refractivity (Wildman–Crippen MR) is 105 cm³/mol. The van der Waals surface area contributed by atoms with Gasteiger partial charge in [0.05, 0.1) is 24.3 Å². The number of H-pyrrole nitrogens is 2. The minimum atomic E-state index is -0.179. The minimum Gasteiger partial charge on any atom is -0.381 e. The fraction of sp³-hybridized carbons (Fsp3) is 0.350. The summed E-state index contributed by atoms with van der Waals surface area (Å²) in [5.74, 6) is 0. The molecule has 5 heterocycles. The van der Waals surface area contributed by atoms with Crippen LogP contribution in [0.15, 0.2) is 41.6 Å². The second-order valence-corrected chi connectivity index (χ2v) is 7.15. The molecule has 4 aromatic rings. The highest BCUT2D eigenvalue weighted by atomic mass is 16.5. The zero-order valence-electron chi connectivity index (χ0n) is 15.5. The molecule has 0 radical (unpaired) electrons. The molecule has 2 N–H and O–H groups in total. The molecule has 0 aliphatic carbocycles. The van der Waals surface area contributed by atoms with Gasteiger partial charge in [-0.2, -0.15) is 0 Å². The number of nitrogens with one attached hydrogen (secondary N) is 2. The molecule has 5 rings (SSSR count). The molecule has 144 valence electrons. The first-order valence-corrected chi connectivity index (χ1v) is 9.38. The number of imidazole rings is 1. The van der Waals surface area contributed by atoms with Crippen LogP contribution in [0.4, 0.5) is 0 Å². The molecule has 2 atom stereocenters. The van der Waals surface area contributed by atoms with Gasteiger partial charge >= 0.3 is 5.69 Å². The number of nitrogens with zero attached hydrogens (tertiary/aromatic N) is 3. The Labute approximate surface area is 160 Å². The lowest BCUT2D eigenvalue weighted by atomic mass is 10.1. The monoisotopic (exact) mass is 379 g/mol. The fourth-order valence-corrected chi connectivity index (χ4v) is 3.86. The molecule has 1 saturated heterocycles. The third-order valence-electron chi connectivity index (χ3n) is 5.40. The summed E-state index contributed by atoms with van der Waals surface area (Å²) in [5, 5.41) is 1.03. The Morgan fingerprint density at radius 1 is 1.25 bits per heavy atom. The summed E-state index contributed by atoms with van der Waals surface area (Å²) in [6.45, 7) is 1.12. The van der Waals surface area contributed by atoms with Crippen LogP contribution in [0.3, 0.4) is 0 Å². The summed E-state index contributed by atoms with van der Waals surface area (Å²) in [6.07, 6.45) is 7.21. The van der Waals surface area contributed by atoms with Crippen LogP contribution < -0.4 is 5.69 Å². The van der Waals surface area contributed by atoms with Gasteiger partial charge in [0.2, 0.25) is 0 Å². The zero-order valence-corrected chi connectivity index (χ0v) is 15.5. The maximum absolute atomic E-state index is 12.5. The SMILES string of the molecule is CO[C@@H]1CCO[C@H](Cn2c(=O)[nH]c3ncc(-c4cnc5[nH]ccc5c4)cc32)C1. The molecule has 0 bridgehead atoms. The van der Waals surface area contributed by atoms with Gasteiger partial charge in [0.15, 0.2) is 5.65 Å². The number of hydrogen-bond donors (Lipinski definition) is 2. The van der Waals surface area contributed by atoms with Gasteiger partial charge in [0.25, 0.3) is 0 Å². The van der Waals surface area contributed by atoms with E-state index in [-0.39, 0.29) is 17.9 Å². The molecule has 0 saturated carbocycles. The van der Waals surface area contributed by atoms with E-state index in [1.807, 2.05) is 24.5 Å². The second kappa shape index (κ2) is 6.88. The molecule has 1 aliphatic rings. The Hall–Kier alpha value is -2.97. The van der Waals surface area contributed by atoms with Crippen molar-refractivity contribution in [1.29, 1.82) is 0 Å². The van der Waals surface area contributed by atoms with E-state index in [4.69, 9.17) is 9.47 Å². The summed E-state index contributed by atoms with van der Waals surface area (Å²) in [7, 11) is 1.72. The van der Waals surface area contributed by atoms with E-state index in [9.17, 15) is 4.79 Å². The maximum atomic E-state index is 12.5. The molecule has 1 fully saturated rings. The third-order valence-corrected chi connectivity index (χ3v) is 5.40. The van der Waals surface area contributed by atoms with Gasteiger partial charge in [-0.15, -0.1) is 0 Å². The average Bonchev–Trinajstić information content (AvgIpc) is 3.31. The topological polar surface area (TPSA) is 97.8 Å². The molecule has 4 aromatic heterocycles. The fourth-order valence-electron chi connectivity index (χ4n) is 3.86. The Balaban J connectivity index is 1.52. The van der Waals surface area contributed by atoms with E-state index < -0.39 is 0 Å². The number of hydrogen-bond acceptors (Lipinski definition) is 5. The molecule has 0 amide bonds. The van der Waals surface area contributed by atoms with Crippen molar-refractivity contribution in [2.45, 2.75) is 31.6 Å². The van der Waals surface area contributed by atoms with Crippen LogP contribution in [0.1, 0.15) is 12.8 Å². The number of methoxy groups -OCH3 is 1. The van der Waals surface area contributed by atoms with E-state index in [0.29, 0.717) is 18.8 Å². The third kappa shape index (κ3) is 3.00. The number of ether oxygens (including phenoxy) is 2. The molecule has 0 spiro atoms. The Morgan fingerprint density at radius 3 is 2.93 bits per heavy atom. The first kappa shape index (κ1) is 17.2. The molecule has 0 unspecified atom stereocenters. The van der Waals surface area contributed by atoms with Gasteiger partial charge in [0.1, 0.15) is 5.65 Å². The smallest absolute Gasteiger partial charge is 0.327 e. The van der Waals surface area contributed by atoms with E-state index in [1.54, 1.807) is 17.9 Å². The zero-order chi connectivity index (χ0) is 19.1. The summed E-state index contributed by atoms with van der Waals surface area (Å²) >= 11 is 0. The van der Waals surface area contributed by atoms with Crippen LogP contribution >= 0.6 is 0 Å². The van der Waals surface area contributed by atoms with Gasteiger partial charge in [-0.3, -0.25) is 9.55 Å². The highest BCUT2D eigenvalue weighted by Crippen LogP contribution is 2.25. The number of pyridine rings is 2. The normalized spacial score (nSPS) is 20.2. The van der Waals surface area contributed by atoms with Crippen molar-refractivity contribution in [2.75, 3.05) is 13.7 Å². The summed E-state index contributed by atoms with van der Waals surface area (Å²) in [6, 6.07) is 6.02.